The summed E-state index contributed by atoms with van der Waals surface area (Å²) in [6.45, 7) is 3.43. The molecule has 7 nitrogen and oxygen atoms in total. The number of aryl methyl sites for hydroxylation is 1. The van der Waals surface area contributed by atoms with E-state index in [-0.39, 0.29) is 11.4 Å². The number of hydrogen-bond donors (Lipinski definition) is 3. The van der Waals surface area contributed by atoms with E-state index in [2.05, 4.69) is 21.0 Å². The monoisotopic (exact) mass is 388 g/mol. The first-order chi connectivity index (χ1) is 12.9. The summed E-state index contributed by atoms with van der Waals surface area (Å²) in [5.74, 6) is -1.84. The van der Waals surface area contributed by atoms with Gasteiger partial charge in [0.15, 0.2) is 23.4 Å². The molecule has 3 N–H and O–H groups in total. The van der Waals surface area contributed by atoms with Gasteiger partial charge in [-0.25, -0.2) is 4.39 Å². The standard InChI is InChI=1S/C18H17FN4O3S/c1-10-7-8-16(27-10)13-9-14(21-20-13)18(25)23-22-17(24)11(2)26-15-6-4-3-5-12(15)19/h3-9,11H,1-2H3,(H,20,21)(H,22,24)(H,23,25)/t11-/m1/s1. The van der Waals surface area contributed by atoms with E-state index in [0.717, 1.165) is 9.75 Å². The molecule has 3 aromatic rings. The van der Waals surface area contributed by atoms with E-state index in [1.807, 2.05) is 19.1 Å². The van der Waals surface area contributed by atoms with Crippen LogP contribution in [0.5, 0.6) is 5.75 Å². The number of benzene rings is 1. The first-order valence-corrected chi connectivity index (χ1v) is 8.89. The maximum Gasteiger partial charge on any atom is 0.290 e. The van der Waals surface area contributed by atoms with E-state index in [9.17, 15) is 14.0 Å². The molecular formula is C18H17FN4O3S. The molecule has 0 fully saturated rings. The Labute approximate surface area is 158 Å². The van der Waals surface area contributed by atoms with Crippen molar-refractivity contribution in [2.45, 2.75) is 20.0 Å². The number of thiophene rings is 1. The maximum absolute atomic E-state index is 13.6. The number of rotatable bonds is 5. The average Bonchev–Trinajstić information content (AvgIpc) is 3.30. The molecule has 0 unspecified atom stereocenters. The highest BCUT2D eigenvalue weighted by Crippen LogP contribution is 2.26. The van der Waals surface area contributed by atoms with Gasteiger partial charge in [0.25, 0.3) is 11.8 Å². The van der Waals surface area contributed by atoms with Gasteiger partial charge in [-0.2, -0.15) is 5.10 Å². The number of aromatic amines is 1. The maximum atomic E-state index is 13.6. The molecule has 0 spiro atoms. The Morgan fingerprint density at radius 2 is 2.00 bits per heavy atom. The smallest absolute Gasteiger partial charge is 0.290 e. The van der Waals surface area contributed by atoms with Gasteiger partial charge in [0.1, 0.15) is 0 Å². The van der Waals surface area contributed by atoms with Crippen LogP contribution in [-0.4, -0.2) is 28.1 Å². The van der Waals surface area contributed by atoms with Crippen molar-refractivity contribution >= 4 is 23.2 Å². The summed E-state index contributed by atoms with van der Waals surface area (Å²) in [4.78, 5) is 26.2. The number of aromatic nitrogens is 2. The van der Waals surface area contributed by atoms with Gasteiger partial charge in [-0.15, -0.1) is 11.3 Å². The van der Waals surface area contributed by atoms with Crippen LogP contribution in [0.3, 0.4) is 0 Å². The Bertz CT molecular complexity index is 969. The number of halogens is 1. The van der Waals surface area contributed by atoms with Crippen molar-refractivity contribution in [2.75, 3.05) is 0 Å². The molecule has 0 radical (unpaired) electrons. The van der Waals surface area contributed by atoms with Gasteiger partial charge in [-0.1, -0.05) is 12.1 Å². The molecule has 0 aliphatic heterocycles. The van der Waals surface area contributed by atoms with Crippen molar-refractivity contribution < 1.29 is 18.7 Å². The van der Waals surface area contributed by atoms with Crippen LogP contribution in [0.2, 0.25) is 0 Å². The van der Waals surface area contributed by atoms with Crippen molar-refractivity contribution in [2.24, 2.45) is 0 Å². The second-order valence-electron chi connectivity index (χ2n) is 5.71. The van der Waals surface area contributed by atoms with Crippen LogP contribution in [-0.2, 0) is 4.79 Å². The molecule has 0 aliphatic carbocycles. The summed E-state index contributed by atoms with van der Waals surface area (Å²) >= 11 is 1.57. The quantitative estimate of drug-likeness (QED) is 0.586. The van der Waals surface area contributed by atoms with E-state index in [1.165, 1.54) is 25.1 Å². The number of H-pyrrole nitrogens is 1. The van der Waals surface area contributed by atoms with Gasteiger partial charge >= 0.3 is 0 Å². The minimum Gasteiger partial charge on any atom is -0.478 e. The van der Waals surface area contributed by atoms with Crippen LogP contribution in [0.4, 0.5) is 4.39 Å². The molecule has 140 valence electrons. The highest BCUT2D eigenvalue weighted by molar-refractivity contribution is 7.15. The lowest BCUT2D eigenvalue weighted by atomic mass is 10.3. The minimum atomic E-state index is -1.01. The molecule has 27 heavy (non-hydrogen) atoms. The van der Waals surface area contributed by atoms with E-state index in [4.69, 9.17) is 4.74 Å². The van der Waals surface area contributed by atoms with Crippen LogP contribution in [0.1, 0.15) is 22.3 Å². The fraction of sp³-hybridized carbons (Fsp3) is 0.167. The summed E-state index contributed by atoms with van der Waals surface area (Å²) < 4.78 is 18.8. The van der Waals surface area contributed by atoms with E-state index in [1.54, 1.807) is 23.5 Å². The number of carbonyl (C=O) groups is 2. The van der Waals surface area contributed by atoms with E-state index in [0.29, 0.717) is 5.69 Å². The Kier molecular flexibility index (Phi) is 5.51. The van der Waals surface area contributed by atoms with Crippen LogP contribution < -0.4 is 15.6 Å². The molecule has 1 aromatic carbocycles. The Morgan fingerprint density at radius 1 is 1.22 bits per heavy atom. The van der Waals surface area contributed by atoms with Gasteiger partial charge in [-0.3, -0.25) is 25.5 Å². The van der Waals surface area contributed by atoms with Gasteiger partial charge in [0.05, 0.1) is 10.6 Å². The zero-order valence-corrected chi connectivity index (χ0v) is 15.4. The number of hydrazine groups is 1. The van der Waals surface area contributed by atoms with Gasteiger partial charge in [0.2, 0.25) is 0 Å². The largest absolute Gasteiger partial charge is 0.478 e. The molecule has 0 saturated carbocycles. The second-order valence-corrected chi connectivity index (χ2v) is 7.00. The zero-order valence-electron chi connectivity index (χ0n) is 14.6. The normalized spacial score (nSPS) is 11.7. The lowest BCUT2D eigenvalue weighted by Crippen LogP contribution is -2.47. The predicted molar refractivity (Wildman–Crippen MR) is 98.7 cm³/mol. The second kappa shape index (κ2) is 8.00. The van der Waals surface area contributed by atoms with E-state index < -0.39 is 23.7 Å². The molecule has 2 aromatic heterocycles. The van der Waals surface area contributed by atoms with Crippen molar-refractivity contribution in [3.05, 3.63) is 58.9 Å². The third kappa shape index (κ3) is 4.50. The minimum absolute atomic E-state index is 0.0466. The number of nitrogens with zero attached hydrogens (tertiary/aromatic N) is 1. The average molecular weight is 388 g/mol. The number of ether oxygens (including phenoxy) is 1. The van der Waals surface area contributed by atoms with Gasteiger partial charge in [0, 0.05) is 4.88 Å². The molecule has 0 aliphatic rings. The fourth-order valence-electron chi connectivity index (χ4n) is 2.21. The van der Waals surface area contributed by atoms with Gasteiger partial charge < -0.3 is 4.74 Å². The molecule has 3 rings (SSSR count). The Hall–Kier alpha value is -3.20. The van der Waals surface area contributed by atoms with Crippen LogP contribution in [0, 0.1) is 12.7 Å². The summed E-state index contributed by atoms with van der Waals surface area (Å²) in [7, 11) is 0. The van der Waals surface area contributed by atoms with Crippen LogP contribution in [0.25, 0.3) is 10.6 Å². The van der Waals surface area contributed by atoms with Gasteiger partial charge in [-0.05, 0) is 44.2 Å². The SMILES string of the molecule is Cc1ccc(-c2cc(C(=O)NNC(=O)[C@@H](C)Oc3ccccc3F)n[nH]2)s1. The zero-order chi connectivity index (χ0) is 19.4. The van der Waals surface area contributed by atoms with E-state index >= 15 is 0 Å². The lowest BCUT2D eigenvalue weighted by molar-refractivity contribution is -0.128. The first-order valence-electron chi connectivity index (χ1n) is 8.07. The highest BCUT2D eigenvalue weighted by Gasteiger charge is 2.18. The third-order valence-electron chi connectivity index (χ3n) is 3.63. The molecule has 0 bridgehead atoms. The Balaban J connectivity index is 1.55. The summed E-state index contributed by atoms with van der Waals surface area (Å²) in [5.41, 5.74) is 5.33. The highest BCUT2D eigenvalue weighted by atomic mass is 32.1. The molecule has 1 atom stereocenters. The molecule has 2 amide bonds. The summed E-state index contributed by atoms with van der Waals surface area (Å²) in [6.07, 6.45) is -1.01. The molecule has 9 heteroatoms. The summed E-state index contributed by atoms with van der Waals surface area (Å²) in [5, 5.41) is 6.73. The third-order valence-corrected chi connectivity index (χ3v) is 4.66. The molecular weight excluding hydrogens is 371 g/mol. The number of hydrogen-bond acceptors (Lipinski definition) is 5. The number of nitrogens with one attached hydrogen (secondary N) is 3. The van der Waals surface area contributed by atoms with Crippen molar-refractivity contribution in [1.29, 1.82) is 0 Å². The topological polar surface area (TPSA) is 96.1 Å². The number of carbonyl (C=O) groups excluding carboxylic acids is 2. The van der Waals surface area contributed by atoms with Crippen molar-refractivity contribution in [1.82, 2.24) is 21.0 Å². The van der Waals surface area contributed by atoms with Crippen LogP contribution in [0.15, 0.2) is 42.5 Å². The van der Waals surface area contributed by atoms with Crippen molar-refractivity contribution in [3.63, 3.8) is 0 Å². The number of para-hydroxylation sites is 1. The first kappa shape index (κ1) is 18.6. The molecule has 2 heterocycles. The summed E-state index contributed by atoms with van der Waals surface area (Å²) in [6, 6.07) is 11.2. The number of amides is 2. The van der Waals surface area contributed by atoms with Crippen molar-refractivity contribution in [3.8, 4) is 16.3 Å². The fourth-order valence-corrected chi connectivity index (χ4v) is 3.05. The predicted octanol–water partition coefficient (Wildman–Crippen LogP) is 2.81. The van der Waals surface area contributed by atoms with Crippen LogP contribution >= 0.6 is 11.3 Å². The molecule has 0 saturated heterocycles. The Morgan fingerprint density at radius 3 is 2.70 bits per heavy atom. The lowest BCUT2D eigenvalue weighted by Gasteiger charge is -2.15.